The number of hydrogen-bond acceptors (Lipinski definition) is 8. The van der Waals surface area contributed by atoms with Crippen LogP contribution in [0.4, 0.5) is 0 Å². The van der Waals surface area contributed by atoms with E-state index in [1.807, 2.05) is 43.5 Å². The van der Waals surface area contributed by atoms with Crippen molar-refractivity contribution in [1.29, 1.82) is 0 Å². The molecule has 0 bridgehead atoms. The number of aromatic nitrogens is 4. The van der Waals surface area contributed by atoms with Gasteiger partial charge in [0.05, 0.1) is 51.7 Å². The summed E-state index contributed by atoms with van der Waals surface area (Å²) >= 11 is 12.0. The molecule has 6 aromatic rings. The molecule has 0 spiro atoms. The molecule has 6 nitrogen and oxygen atoms in total. The Bertz CT molecular complexity index is 1800. The summed E-state index contributed by atoms with van der Waals surface area (Å²) in [4.78, 5) is 19.0. The van der Waals surface area contributed by atoms with E-state index in [9.17, 15) is 10.2 Å². The maximum Gasteiger partial charge on any atom is 1.00 e. The molecule has 0 aliphatic carbocycles. The number of hydrogen-bond donors (Lipinski definition) is 2. The number of pyridine rings is 4. The molecule has 0 aliphatic heterocycles. The Hall–Kier alpha value is -2.01. The van der Waals surface area contributed by atoms with Crippen molar-refractivity contribution in [2.75, 3.05) is 12.5 Å². The first-order chi connectivity index (χ1) is 18.9. The maximum absolute atomic E-state index is 9.37. The molecular formula is C30H28ClN4NaO2S2. The fraction of sp³-hybridized carbons (Fsp3) is 0.200. The molecule has 200 valence electrons. The van der Waals surface area contributed by atoms with Crippen LogP contribution < -0.4 is 29.6 Å². The standard InChI is InChI=1S/C15H14N2OS.C14H11ClN2O.CH4S.Na/c1-9-6-10-4-3-5-16-14(10)15-13(9)12(19-2)7-11(8-18)17-15;1-8-5-9-3-2-4-16-13(9)14-12(8)11(15)6-10(7-18)17-14;1-2;/h3-7,18H,8H2,1-2H3;2-6,18H,7H2,1H3;2H,1H3;/q;;;+1/p-1. The van der Waals surface area contributed by atoms with Crippen LogP contribution in [0.5, 0.6) is 0 Å². The topological polar surface area (TPSA) is 92.0 Å². The van der Waals surface area contributed by atoms with E-state index in [1.165, 1.54) is 5.56 Å². The monoisotopic (exact) mass is 598 g/mol. The molecule has 40 heavy (non-hydrogen) atoms. The number of aliphatic hydroxyl groups is 2. The molecule has 2 N–H and O–H groups in total. The van der Waals surface area contributed by atoms with Crippen LogP contribution in [0.2, 0.25) is 5.02 Å². The minimum Gasteiger partial charge on any atom is -0.796 e. The van der Waals surface area contributed by atoms with Crippen LogP contribution in [-0.4, -0.2) is 42.7 Å². The Balaban J connectivity index is 0.000000203. The van der Waals surface area contributed by atoms with Crippen molar-refractivity contribution >= 4 is 79.6 Å². The molecule has 0 aliphatic rings. The van der Waals surface area contributed by atoms with Gasteiger partial charge in [0.1, 0.15) is 0 Å². The molecule has 2 aromatic carbocycles. The summed E-state index contributed by atoms with van der Waals surface area (Å²) in [7, 11) is 0. The third-order valence-corrected chi connectivity index (χ3v) is 7.32. The molecule has 0 radical (unpaired) electrons. The van der Waals surface area contributed by atoms with E-state index < -0.39 is 0 Å². The first-order valence-electron chi connectivity index (χ1n) is 12.1. The van der Waals surface area contributed by atoms with E-state index in [-0.39, 0.29) is 42.8 Å². The molecule has 10 heteroatoms. The van der Waals surface area contributed by atoms with Crippen LogP contribution in [0.15, 0.2) is 65.8 Å². The summed E-state index contributed by atoms with van der Waals surface area (Å²) < 4.78 is 0. The minimum atomic E-state index is -0.127. The van der Waals surface area contributed by atoms with Gasteiger partial charge in [0.2, 0.25) is 0 Å². The Morgan fingerprint density at radius 1 is 0.750 bits per heavy atom. The van der Waals surface area contributed by atoms with E-state index in [2.05, 4.69) is 51.6 Å². The molecule has 0 fully saturated rings. The largest absolute Gasteiger partial charge is 1.00 e. The normalized spacial score (nSPS) is 10.6. The minimum absolute atomic E-state index is 0. The first kappa shape index (κ1) is 32.5. The quantitative estimate of drug-likeness (QED) is 0.138. The fourth-order valence-electron chi connectivity index (χ4n) is 4.63. The van der Waals surface area contributed by atoms with Crippen molar-refractivity contribution in [2.45, 2.75) is 32.0 Å². The van der Waals surface area contributed by atoms with Gasteiger partial charge in [-0.05, 0) is 67.6 Å². The number of aliphatic hydroxyl groups excluding tert-OH is 2. The van der Waals surface area contributed by atoms with E-state index in [0.29, 0.717) is 16.4 Å². The molecule has 0 amide bonds. The number of fused-ring (bicyclic) bond motifs is 6. The van der Waals surface area contributed by atoms with E-state index in [1.54, 1.807) is 36.5 Å². The number of benzene rings is 2. The molecule has 4 aromatic heterocycles. The average Bonchev–Trinajstić information content (AvgIpc) is 2.97. The van der Waals surface area contributed by atoms with Gasteiger partial charge in [-0.2, -0.15) is 6.26 Å². The zero-order valence-electron chi connectivity index (χ0n) is 23.1. The predicted octanol–water partition coefficient (Wildman–Crippen LogP) is 3.71. The SMILES string of the molecule is CSc1cc(CO)nc2c1c(C)cc1cccnc12.C[S-].Cc1cc2cccnc2c2nc(CO)cc(Cl)c12.[Na+]. The van der Waals surface area contributed by atoms with Crippen molar-refractivity contribution in [1.82, 2.24) is 19.9 Å². The summed E-state index contributed by atoms with van der Waals surface area (Å²) in [6, 6.07) is 15.7. The first-order valence-corrected chi connectivity index (χ1v) is 14.5. The molecule has 0 unspecified atom stereocenters. The molecular weight excluding hydrogens is 571 g/mol. The number of aryl methyl sites for hydroxylation is 2. The number of thioether (sulfide) groups is 1. The summed E-state index contributed by atoms with van der Waals surface area (Å²) in [5, 5.41) is 23.3. The second kappa shape index (κ2) is 14.8. The van der Waals surface area contributed by atoms with Crippen molar-refractivity contribution in [3.05, 3.63) is 88.5 Å². The summed E-state index contributed by atoms with van der Waals surface area (Å²) in [5.74, 6) is 0. The van der Waals surface area contributed by atoms with Gasteiger partial charge in [0, 0.05) is 38.8 Å². The smallest absolute Gasteiger partial charge is 0.796 e. The van der Waals surface area contributed by atoms with Gasteiger partial charge in [-0.25, -0.2) is 9.97 Å². The molecule has 0 saturated heterocycles. The summed E-state index contributed by atoms with van der Waals surface area (Å²) in [6.07, 6.45) is 7.14. The number of rotatable bonds is 3. The average molecular weight is 599 g/mol. The van der Waals surface area contributed by atoms with Crippen LogP contribution >= 0.6 is 23.4 Å². The molecule has 4 heterocycles. The van der Waals surface area contributed by atoms with Crippen LogP contribution in [0.25, 0.3) is 43.6 Å². The van der Waals surface area contributed by atoms with E-state index in [0.717, 1.165) is 54.1 Å². The van der Waals surface area contributed by atoms with Crippen LogP contribution in [0, 0.1) is 13.8 Å². The zero-order valence-corrected chi connectivity index (χ0v) is 27.5. The van der Waals surface area contributed by atoms with Gasteiger partial charge in [0.25, 0.3) is 0 Å². The second-order valence-electron chi connectivity index (χ2n) is 8.71. The zero-order chi connectivity index (χ0) is 28.1. The Morgan fingerprint density at radius 2 is 1.23 bits per heavy atom. The van der Waals surface area contributed by atoms with Crippen molar-refractivity contribution < 1.29 is 39.8 Å². The Kier molecular flexibility index (Phi) is 12.0. The van der Waals surface area contributed by atoms with Crippen LogP contribution in [-0.2, 0) is 25.8 Å². The third-order valence-electron chi connectivity index (χ3n) is 6.26. The Morgan fingerprint density at radius 3 is 1.73 bits per heavy atom. The molecule has 6 rings (SSSR count). The van der Waals surface area contributed by atoms with Crippen molar-refractivity contribution in [3.63, 3.8) is 0 Å². The Labute approximate surface area is 270 Å². The number of nitrogens with zero attached hydrogens (tertiary/aromatic N) is 4. The molecule has 0 saturated carbocycles. The molecule has 0 atom stereocenters. The van der Waals surface area contributed by atoms with Crippen molar-refractivity contribution in [3.8, 4) is 0 Å². The van der Waals surface area contributed by atoms with Crippen LogP contribution in [0.1, 0.15) is 22.5 Å². The summed E-state index contributed by atoms with van der Waals surface area (Å²) in [5.41, 5.74) is 6.85. The van der Waals surface area contributed by atoms with E-state index >= 15 is 0 Å². The second-order valence-corrected chi connectivity index (χ2v) is 9.97. The van der Waals surface area contributed by atoms with Gasteiger partial charge in [-0.3, -0.25) is 9.97 Å². The van der Waals surface area contributed by atoms with Gasteiger partial charge < -0.3 is 22.8 Å². The van der Waals surface area contributed by atoms with Crippen LogP contribution in [0.3, 0.4) is 0 Å². The fourth-order valence-corrected chi connectivity index (χ4v) is 5.71. The van der Waals surface area contributed by atoms with Crippen molar-refractivity contribution in [2.24, 2.45) is 0 Å². The van der Waals surface area contributed by atoms with E-state index in [4.69, 9.17) is 11.6 Å². The van der Waals surface area contributed by atoms with Gasteiger partial charge in [-0.1, -0.05) is 23.7 Å². The summed E-state index contributed by atoms with van der Waals surface area (Å²) in [6.45, 7) is 3.92. The van der Waals surface area contributed by atoms with Gasteiger partial charge >= 0.3 is 29.6 Å². The number of halogens is 1. The maximum atomic E-state index is 9.37. The van der Waals surface area contributed by atoms with Gasteiger partial charge in [-0.15, -0.1) is 11.8 Å². The van der Waals surface area contributed by atoms with Gasteiger partial charge in [0.15, 0.2) is 0 Å². The predicted molar refractivity (Wildman–Crippen MR) is 165 cm³/mol. The third kappa shape index (κ3) is 6.55.